The highest BCUT2D eigenvalue weighted by atomic mass is 79.9. The summed E-state index contributed by atoms with van der Waals surface area (Å²) in [4.78, 5) is 13.2. The predicted molar refractivity (Wildman–Crippen MR) is 112 cm³/mol. The summed E-state index contributed by atoms with van der Waals surface area (Å²) in [5, 5.41) is 12.6. The van der Waals surface area contributed by atoms with E-state index in [0.717, 1.165) is 21.4 Å². The van der Waals surface area contributed by atoms with Crippen molar-refractivity contribution in [1.82, 2.24) is 29.6 Å². The lowest BCUT2D eigenvalue weighted by Gasteiger charge is -2.07. The number of rotatable bonds is 5. The monoisotopic (exact) mass is 456 g/mol. The van der Waals surface area contributed by atoms with Crippen molar-refractivity contribution in [2.75, 3.05) is 0 Å². The first-order chi connectivity index (χ1) is 13.6. The van der Waals surface area contributed by atoms with Crippen molar-refractivity contribution in [1.29, 1.82) is 0 Å². The van der Waals surface area contributed by atoms with Gasteiger partial charge in [-0.2, -0.15) is 4.68 Å². The van der Waals surface area contributed by atoms with Crippen LogP contribution >= 0.6 is 27.7 Å². The van der Waals surface area contributed by atoms with Crippen LogP contribution in [0.3, 0.4) is 0 Å². The zero-order valence-corrected chi connectivity index (χ0v) is 17.7. The Kier molecular flexibility index (Phi) is 5.19. The molecule has 9 heteroatoms. The summed E-state index contributed by atoms with van der Waals surface area (Å²) >= 11 is 4.97. The van der Waals surface area contributed by atoms with Gasteiger partial charge in [0.2, 0.25) is 5.16 Å². The van der Waals surface area contributed by atoms with Gasteiger partial charge in [-0.25, -0.2) is 4.68 Å². The maximum Gasteiger partial charge on any atom is 0.297 e. The van der Waals surface area contributed by atoms with Crippen molar-refractivity contribution in [3.8, 4) is 11.4 Å². The third-order valence-corrected chi connectivity index (χ3v) is 5.92. The fourth-order valence-corrected chi connectivity index (χ4v) is 4.25. The molecule has 0 fully saturated rings. The first-order valence-corrected chi connectivity index (χ1v) is 10.3. The van der Waals surface area contributed by atoms with Crippen LogP contribution in [0.1, 0.15) is 11.3 Å². The van der Waals surface area contributed by atoms with Crippen LogP contribution in [0.25, 0.3) is 11.4 Å². The Balaban J connectivity index is 1.72. The lowest BCUT2D eigenvalue weighted by molar-refractivity contribution is 0.630. The molecule has 4 aromatic rings. The van der Waals surface area contributed by atoms with Crippen molar-refractivity contribution in [3.05, 3.63) is 80.7 Å². The van der Waals surface area contributed by atoms with Gasteiger partial charge in [0.1, 0.15) is 0 Å². The highest BCUT2D eigenvalue weighted by Gasteiger charge is 2.21. The lowest BCUT2D eigenvalue weighted by atomic mass is 10.2. The third-order valence-electron chi connectivity index (χ3n) is 4.43. The fourth-order valence-electron chi connectivity index (χ4n) is 2.98. The molecule has 0 aliphatic heterocycles. The molecule has 0 spiro atoms. The molecule has 0 amide bonds. The van der Waals surface area contributed by atoms with E-state index >= 15 is 0 Å². The summed E-state index contributed by atoms with van der Waals surface area (Å²) in [6, 6.07) is 17.6. The van der Waals surface area contributed by atoms with Crippen LogP contribution in [0.2, 0.25) is 0 Å². The number of tetrazole rings is 1. The lowest BCUT2D eigenvalue weighted by Crippen LogP contribution is -2.22. The number of para-hydroxylation sites is 1. The van der Waals surface area contributed by atoms with Gasteiger partial charge in [0.25, 0.3) is 5.56 Å². The molecule has 0 saturated carbocycles. The van der Waals surface area contributed by atoms with Gasteiger partial charge < -0.3 is 0 Å². The van der Waals surface area contributed by atoms with Gasteiger partial charge in [-0.15, -0.1) is 5.10 Å². The second-order valence-electron chi connectivity index (χ2n) is 6.20. The topological polar surface area (TPSA) is 70.5 Å². The number of hydrogen-bond acceptors (Lipinski definition) is 5. The Labute approximate surface area is 174 Å². The van der Waals surface area contributed by atoms with E-state index in [9.17, 15) is 4.79 Å². The van der Waals surface area contributed by atoms with E-state index in [1.165, 1.54) is 16.4 Å². The van der Waals surface area contributed by atoms with Crippen molar-refractivity contribution in [2.45, 2.75) is 17.8 Å². The molecule has 0 aliphatic rings. The molecular formula is C19H17BrN6OS. The minimum atomic E-state index is -0.164. The summed E-state index contributed by atoms with van der Waals surface area (Å²) < 4.78 is 5.99. The molecule has 0 unspecified atom stereocenters. The van der Waals surface area contributed by atoms with Gasteiger partial charge in [0, 0.05) is 17.3 Å². The molecule has 2 aromatic carbocycles. The molecule has 28 heavy (non-hydrogen) atoms. The maximum absolute atomic E-state index is 13.2. The number of halogens is 1. The molecule has 7 nitrogen and oxygen atoms in total. The normalized spacial score (nSPS) is 11.1. The Morgan fingerprint density at radius 1 is 1.11 bits per heavy atom. The molecular weight excluding hydrogens is 440 g/mol. The molecule has 2 aromatic heterocycles. The zero-order chi connectivity index (χ0) is 19.7. The second kappa shape index (κ2) is 7.76. The van der Waals surface area contributed by atoms with Crippen LogP contribution in [-0.4, -0.2) is 29.6 Å². The Hall–Kier alpha value is -2.65. The average Bonchev–Trinajstić information content (AvgIpc) is 3.23. The van der Waals surface area contributed by atoms with Crippen LogP contribution in [0.5, 0.6) is 0 Å². The SMILES string of the molecule is Cc1c(-n2nnnc2SCc2cccc(Br)c2)c(=O)n(-c2ccccc2)n1C. The van der Waals surface area contributed by atoms with Crippen molar-refractivity contribution < 1.29 is 0 Å². The number of benzene rings is 2. The van der Waals surface area contributed by atoms with E-state index in [0.29, 0.717) is 16.6 Å². The van der Waals surface area contributed by atoms with E-state index in [4.69, 9.17) is 0 Å². The van der Waals surface area contributed by atoms with E-state index in [1.807, 2.05) is 67.2 Å². The highest BCUT2D eigenvalue weighted by Crippen LogP contribution is 2.24. The molecule has 0 radical (unpaired) electrons. The molecule has 0 N–H and O–H groups in total. The average molecular weight is 457 g/mol. The maximum atomic E-state index is 13.2. The number of nitrogens with zero attached hydrogens (tertiary/aromatic N) is 6. The van der Waals surface area contributed by atoms with Crippen molar-refractivity contribution in [2.24, 2.45) is 7.05 Å². The van der Waals surface area contributed by atoms with Crippen LogP contribution in [-0.2, 0) is 12.8 Å². The van der Waals surface area contributed by atoms with E-state index < -0.39 is 0 Å². The van der Waals surface area contributed by atoms with Gasteiger partial charge in [0.05, 0.1) is 11.4 Å². The zero-order valence-electron chi connectivity index (χ0n) is 15.3. The molecule has 4 rings (SSSR count). The van der Waals surface area contributed by atoms with Crippen LogP contribution in [0, 0.1) is 6.92 Å². The molecule has 2 heterocycles. The highest BCUT2D eigenvalue weighted by molar-refractivity contribution is 9.10. The van der Waals surface area contributed by atoms with Gasteiger partial charge in [-0.05, 0) is 47.2 Å². The van der Waals surface area contributed by atoms with Crippen LogP contribution in [0.15, 0.2) is 69.0 Å². The molecule has 0 atom stereocenters. The van der Waals surface area contributed by atoms with Crippen molar-refractivity contribution in [3.63, 3.8) is 0 Å². The Bertz CT molecular complexity index is 1180. The van der Waals surface area contributed by atoms with E-state index in [1.54, 1.807) is 4.68 Å². The standard InChI is InChI=1S/C19H17BrN6OS/c1-13-17(18(27)26(24(13)2)16-9-4-3-5-10-16)25-19(21-22-23-25)28-12-14-7-6-8-15(20)11-14/h3-11H,12H2,1-2H3. The van der Waals surface area contributed by atoms with Gasteiger partial charge in [-0.1, -0.05) is 58.0 Å². The Morgan fingerprint density at radius 3 is 2.64 bits per heavy atom. The molecule has 142 valence electrons. The van der Waals surface area contributed by atoms with E-state index in [2.05, 4.69) is 37.5 Å². The summed E-state index contributed by atoms with van der Waals surface area (Å²) in [6.07, 6.45) is 0. The largest absolute Gasteiger partial charge is 0.297 e. The first-order valence-electron chi connectivity index (χ1n) is 8.56. The van der Waals surface area contributed by atoms with Crippen LogP contribution < -0.4 is 5.56 Å². The quantitative estimate of drug-likeness (QED) is 0.429. The number of aromatic nitrogens is 6. The number of thioether (sulfide) groups is 1. The van der Waals surface area contributed by atoms with Gasteiger partial charge >= 0.3 is 0 Å². The predicted octanol–water partition coefficient (Wildman–Crippen LogP) is 3.51. The third kappa shape index (κ3) is 3.43. The fraction of sp³-hybridized carbons (Fsp3) is 0.158. The smallest absolute Gasteiger partial charge is 0.283 e. The molecule has 0 saturated heterocycles. The first kappa shape index (κ1) is 18.7. The summed E-state index contributed by atoms with van der Waals surface area (Å²) in [5.74, 6) is 0.693. The van der Waals surface area contributed by atoms with Gasteiger partial charge in [-0.3, -0.25) is 9.48 Å². The second-order valence-corrected chi connectivity index (χ2v) is 8.06. The summed E-state index contributed by atoms with van der Waals surface area (Å²) in [5.41, 5.74) is 3.00. The van der Waals surface area contributed by atoms with Crippen LogP contribution in [0.4, 0.5) is 0 Å². The summed E-state index contributed by atoms with van der Waals surface area (Å²) in [6.45, 7) is 1.89. The molecule has 0 bridgehead atoms. The molecule has 0 aliphatic carbocycles. The number of hydrogen-bond donors (Lipinski definition) is 0. The minimum absolute atomic E-state index is 0.164. The van der Waals surface area contributed by atoms with Crippen molar-refractivity contribution >= 4 is 27.7 Å². The van der Waals surface area contributed by atoms with E-state index in [-0.39, 0.29) is 5.56 Å². The Morgan fingerprint density at radius 2 is 1.89 bits per heavy atom. The minimum Gasteiger partial charge on any atom is -0.283 e. The van der Waals surface area contributed by atoms with Gasteiger partial charge in [0.15, 0.2) is 5.69 Å². The summed E-state index contributed by atoms with van der Waals surface area (Å²) in [7, 11) is 1.85.